The van der Waals surface area contributed by atoms with Crippen LogP contribution in [-0.4, -0.2) is 11.1 Å². The molecule has 0 saturated heterocycles. The van der Waals surface area contributed by atoms with E-state index in [1.807, 2.05) is 0 Å². The molecule has 0 atom stereocenters. The van der Waals surface area contributed by atoms with Crippen LogP contribution in [0.15, 0.2) is 30.3 Å². The Labute approximate surface area is 122 Å². The van der Waals surface area contributed by atoms with Crippen molar-refractivity contribution < 1.29 is 14.3 Å². The molecule has 2 aromatic rings. The minimum absolute atomic E-state index is 0.116. The lowest BCUT2D eigenvalue weighted by atomic mass is 10.1. The number of carboxylic acids is 1. The average Bonchev–Trinajstić information content (AvgIpc) is 2.42. The molecule has 0 aromatic heterocycles. The number of nitrogens with one attached hydrogen (secondary N) is 1. The van der Waals surface area contributed by atoms with E-state index >= 15 is 0 Å². The van der Waals surface area contributed by atoms with Crippen LogP contribution in [0.5, 0.6) is 0 Å². The van der Waals surface area contributed by atoms with Gasteiger partial charge in [-0.05, 0) is 42.7 Å². The molecule has 2 aromatic carbocycles. The molecule has 5 heteroatoms. The minimum Gasteiger partial charge on any atom is -0.478 e. The molecule has 0 unspecified atom stereocenters. The number of benzene rings is 2. The summed E-state index contributed by atoms with van der Waals surface area (Å²) in [7, 11) is 0. The lowest BCUT2D eigenvalue weighted by Gasteiger charge is -2.13. The van der Waals surface area contributed by atoms with Gasteiger partial charge in [-0.3, -0.25) is 0 Å². The number of hydrogen-bond donors (Lipinski definition) is 3. The van der Waals surface area contributed by atoms with Crippen molar-refractivity contribution in [1.29, 1.82) is 0 Å². The van der Waals surface area contributed by atoms with Crippen molar-refractivity contribution in [3.05, 3.63) is 58.4 Å². The zero-order valence-corrected chi connectivity index (χ0v) is 11.9. The summed E-state index contributed by atoms with van der Waals surface area (Å²) >= 11 is 0. The van der Waals surface area contributed by atoms with Crippen molar-refractivity contribution in [3.8, 4) is 0 Å². The van der Waals surface area contributed by atoms with Crippen LogP contribution in [0.3, 0.4) is 0 Å². The smallest absolute Gasteiger partial charge is 0.337 e. The van der Waals surface area contributed by atoms with Crippen LogP contribution < -0.4 is 11.1 Å². The summed E-state index contributed by atoms with van der Waals surface area (Å²) in [5, 5.41) is 12.2. The zero-order chi connectivity index (χ0) is 15.6. The summed E-state index contributed by atoms with van der Waals surface area (Å²) in [4.78, 5) is 11.2. The van der Waals surface area contributed by atoms with Crippen molar-refractivity contribution in [1.82, 2.24) is 0 Å². The van der Waals surface area contributed by atoms with Gasteiger partial charge in [-0.15, -0.1) is 0 Å². The molecule has 0 aliphatic rings. The topological polar surface area (TPSA) is 75.3 Å². The number of hydrogen-bond acceptors (Lipinski definition) is 3. The fourth-order valence-corrected chi connectivity index (χ4v) is 2.27. The number of halogens is 1. The highest BCUT2D eigenvalue weighted by atomic mass is 19.1. The maximum atomic E-state index is 13.6. The van der Waals surface area contributed by atoms with E-state index in [9.17, 15) is 9.18 Å². The second kappa shape index (κ2) is 5.83. The van der Waals surface area contributed by atoms with Gasteiger partial charge in [-0.2, -0.15) is 0 Å². The van der Waals surface area contributed by atoms with Crippen molar-refractivity contribution in [3.63, 3.8) is 0 Å². The molecule has 0 radical (unpaired) electrons. The molecule has 0 heterocycles. The predicted octanol–water partition coefficient (Wildman–Crippen LogP) is 3.34. The number of aromatic carboxylic acids is 1. The van der Waals surface area contributed by atoms with Crippen LogP contribution in [0.25, 0.3) is 0 Å². The van der Waals surface area contributed by atoms with E-state index in [0.717, 1.165) is 5.56 Å². The van der Waals surface area contributed by atoms with E-state index in [2.05, 4.69) is 5.32 Å². The van der Waals surface area contributed by atoms with E-state index in [1.165, 1.54) is 6.07 Å². The normalized spacial score (nSPS) is 10.4. The average molecular weight is 288 g/mol. The molecule has 0 aliphatic heterocycles. The van der Waals surface area contributed by atoms with E-state index < -0.39 is 5.97 Å². The molecule has 0 fully saturated rings. The Morgan fingerprint density at radius 2 is 1.90 bits per heavy atom. The number of para-hydroxylation sites is 1. The molecule has 2 rings (SSSR count). The Balaban J connectivity index is 2.27. The summed E-state index contributed by atoms with van der Waals surface area (Å²) in [5.41, 5.74) is 8.67. The van der Waals surface area contributed by atoms with Crippen molar-refractivity contribution in [2.24, 2.45) is 0 Å². The Hall–Kier alpha value is -2.56. The van der Waals surface area contributed by atoms with Gasteiger partial charge < -0.3 is 16.2 Å². The van der Waals surface area contributed by atoms with Gasteiger partial charge in [0.05, 0.1) is 16.9 Å². The quantitative estimate of drug-likeness (QED) is 0.754. The number of nitrogens with two attached hydrogens (primary N) is 1. The van der Waals surface area contributed by atoms with Gasteiger partial charge in [-0.1, -0.05) is 18.2 Å². The fraction of sp³-hybridized carbons (Fsp3) is 0.188. The second-order valence-corrected chi connectivity index (χ2v) is 4.97. The van der Waals surface area contributed by atoms with Crippen molar-refractivity contribution in [2.75, 3.05) is 11.1 Å². The number of nitrogen functional groups attached to an aromatic ring is 1. The third-order valence-corrected chi connectivity index (χ3v) is 3.29. The van der Waals surface area contributed by atoms with Crippen LogP contribution >= 0.6 is 0 Å². The first-order valence-electron chi connectivity index (χ1n) is 6.51. The molecule has 110 valence electrons. The number of aryl methyl sites for hydroxylation is 2. The molecule has 0 spiro atoms. The first kappa shape index (κ1) is 14.8. The van der Waals surface area contributed by atoms with Gasteiger partial charge in [0.2, 0.25) is 0 Å². The molecule has 0 bridgehead atoms. The van der Waals surface area contributed by atoms with Gasteiger partial charge >= 0.3 is 5.97 Å². The Kier molecular flexibility index (Phi) is 4.12. The lowest BCUT2D eigenvalue weighted by Crippen LogP contribution is -2.09. The lowest BCUT2D eigenvalue weighted by molar-refractivity contribution is 0.0698. The third kappa shape index (κ3) is 3.13. The fourth-order valence-electron chi connectivity index (χ4n) is 2.27. The van der Waals surface area contributed by atoms with Gasteiger partial charge in [0.25, 0.3) is 0 Å². The minimum atomic E-state index is -1.05. The number of carboxylic acid groups (broad SMARTS) is 1. The third-order valence-electron chi connectivity index (χ3n) is 3.29. The van der Waals surface area contributed by atoms with E-state index in [0.29, 0.717) is 29.0 Å². The Bertz CT molecular complexity index is 676. The molecule has 4 nitrogen and oxygen atoms in total. The second-order valence-electron chi connectivity index (χ2n) is 4.97. The van der Waals surface area contributed by atoms with E-state index in [-0.39, 0.29) is 11.4 Å². The highest BCUT2D eigenvalue weighted by molar-refractivity contribution is 5.97. The van der Waals surface area contributed by atoms with Crippen LogP contribution in [-0.2, 0) is 6.54 Å². The number of carbonyl (C=O) groups is 1. The summed E-state index contributed by atoms with van der Waals surface area (Å²) in [6.45, 7) is 3.77. The SMILES string of the molecule is Cc1cc(CNc2c(N)cccc2C(=O)O)cc(C)c1F. The van der Waals surface area contributed by atoms with E-state index in [1.54, 1.807) is 38.1 Å². The summed E-state index contributed by atoms with van der Waals surface area (Å²) in [5.74, 6) is -1.26. The van der Waals surface area contributed by atoms with Crippen LogP contribution in [0.4, 0.5) is 15.8 Å². The van der Waals surface area contributed by atoms with Crippen LogP contribution in [0, 0.1) is 19.7 Å². The highest BCUT2D eigenvalue weighted by Gasteiger charge is 2.12. The Morgan fingerprint density at radius 1 is 1.29 bits per heavy atom. The first-order valence-corrected chi connectivity index (χ1v) is 6.51. The van der Waals surface area contributed by atoms with E-state index in [4.69, 9.17) is 10.8 Å². The predicted molar refractivity (Wildman–Crippen MR) is 81.0 cm³/mol. The van der Waals surface area contributed by atoms with Gasteiger partial charge in [-0.25, -0.2) is 9.18 Å². The van der Waals surface area contributed by atoms with Gasteiger partial charge in [0.15, 0.2) is 0 Å². The maximum absolute atomic E-state index is 13.6. The summed E-state index contributed by atoms with van der Waals surface area (Å²) in [6, 6.07) is 8.18. The molecular formula is C16H17FN2O2. The molecule has 0 saturated carbocycles. The standard InChI is InChI=1S/C16H17FN2O2/c1-9-6-11(7-10(2)14(9)17)8-19-15-12(16(20)21)4-3-5-13(15)18/h3-7,19H,8,18H2,1-2H3,(H,20,21). The van der Waals surface area contributed by atoms with Gasteiger partial charge in [0, 0.05) is 6.54 Å². The molecule has 0 amide bonds. The number of anilines is 2. The largest absolute Gasteiger partial charge is 0.478 e. The molecule has 0 aliphatic carbocycles. The maximum Gasteiger partial charge on any atom is 0.337 e. The number of rotatable bonds is 4. The van der Waals surface area contributed by atoms with Crippen LogP contribution in [0.2, 0.25) is 0 Å². The first-order chi connectivity index (χ1) is 9.90. The van der Waals surface area contributed by atoms with Crippen LogP contribution in [0.1, 0.15) is 27.0 Å². The molecular weight excluding hydrogens is 271 g/mol. The zero-order valence-electron chi connectivity index (χ0n) is 11.9. The summed E-state index contributed by atoms with van der Waals surface area (Å²) in [6.07, 6.45) is 0. The highest BCUT2D eigenvalue weighted by Crippen LogP contribution is 2.24. The molecule has 21 heavy (non-hydrogen) atoms. The summed E-state index contributed by atoms with van der Waals surface area (Å²) < 4.78 is 13.6. The Morgan fingerprint density at radius 3 is 2.48 bits per heavy atom. The van der Waals surface area contributed by atoms with Gasteiger partial charge in [0.1, 0.15) is 5.82 Å². The monoisotopic (exact) mass is 288 g/mol. The van der Waals surface area contributed by atoms with Crippen molar-refractivity contribution in [2.45, 2.75) is 20.4 Å². The molecule has 4 N–H and O–H groups in total. The van der Waals surface area contributed by atoms with Crippen molar-refractivity contribution >= 4 is 17.3 Å².